The summed E-state index contributed by atoms with van der Waals surface area (Å²) in [6.45, 7) is 4.92. The lowest BCUT2D eigenvalue weighted by atomic mass is 9.92. The highest BCUT2D eigenvalue weighted by Gasteiger charge is 2.38. The van der Waals surface area contributed by atoms with Crippen LogP contribution in [-0.2, 0) is 0 Å². The monoisotopic (exact) mass is 642 g/mol. The van der Waals surface area contributed by atoms with Crippen LogP contribution < -0.4 is 10.4 Å². The molecule has 1 aromatic heterocycles. The average molecular weight is 643 g/mol. The molecule has 0 amide bonds. The van der Waals surface area contributed by atoms with Crippen molar-refractivity contribution in [1.29, 1.82) is 0 Å². The predicted octanol–water partition coefficient (Wildman–Crippen LogP) is 10.8. The first-order valence-electron chi connectivity index (χ1n) is 16.9. The minimum absolute atomic E-state index is 0.746. The normalized spacial score (nSPS) is 12.9. The van der Waals surface area contributed by atoms with Crippen molar-refractivity contribution in [3.8, 4) is 67.2 Å². The van der Waals surface area contributed by atoms with Crippen LogP contribution in [0, 0.1) is 0 Å². The van der Waals surface area contributed by atoms with Crippen molar-refractivity contribution >= 4 is 29.4 Å². The Labute approximate surface area is 288 Å². The van der Waals surface area contributed by atoms with Crippen molar-refractivity contribution in [2.75, 3.05) is 0 Å². The van der Waals surface area contributed by atoms with Gasteiger partial charge in [-0.1, -0.05) is 171 Å². The van der Waals surface area contributed by atoms with Crippen molar-refractivity contribution in [3.63, 3.8) is 0 Å². The number of hydrogen-bond donors (Lipinski definition) is 0. The molecule has 2 nitrogen and oxygen atoms in total. The van der Waals surface area contributed by atoms with Gasteiger partial charge in [-0.2, -0.15) is 0 Å². The van der Waals surface area contributed by atoms with E-state index in [2.05, 4.69) is 183 Å². The Kier molecular flexibility index (Phi) is 6.96. The highest BCUT2D eigenvalue weighted by Crippen LogP contribution is 2.39. The van der Waals surface area contributed by atoms with Gasteiger partial charge in [-0.25, -0.2) is 9.97 Å². The van der Waals surface area contributed by atoms with Crippen LogP contribution in [0.25, 0.3) is 78.1 Å². The first-order valence-corrected chi connectivity index (χ1v) is 19.9. The molecule has 1 aliphatic heterocycles. The van der Waals surface area contributed by atoms with Crippen molar-refractivity contribution in [3.05, 3.63) is 170 Å². The first kappa shape index (κ1) is 29.3. The number of hydrogen-bond acceptors (Lipinski definition) is 2. The quantitative estimate of drug-likeness (QED) is 0.175. The summed E-state index contributed by atoms with van der Waals surface area (Å²) >= 11 is 0. The third-order valence-electron chi connectivity index (χ3n) is 10.1. The molecule has 232 valence electrons. The summed E-state index contributed by atoms with van der Waals surface area (Å²) in [5.74, 6) is 0.746. The number of aromatic nitrogens is 2. The fraction of sp³-hybridized carbons (Fsp3) is 0.0435. The van der Waals surface area contributed by atoms with Gasteiger partial charge >= 0.3 is 0 Å². The van der Waals surface area contributed by atoms with Gasteiger partial charge < -0.3 is 0 Å². The Hall–Kier alpha value is -5.90. The molecule has 49 heavy (non-hydrogen) atoms. The lowest BCUT2D eigenvalue weighted by Crippen LogP contribution is -2.49. The van der Waals surface area contributed by atoms with E-state index < -0.39 is 8.07 Å². The highest BCUT2D eigenvalue weighted by atomic mass is 28.3. The maximum atomic E-state index is 5.42. The second-order valence-electron chi connectivity index (χ2n) is 13.4. The van der Waals surface area contributed by atoms with Crippen molar-refractivity contribution < 1.29 is 0 Å². The van der Waals surface area contributed by atoms with Gasteiger partial charge in [-0.15, -0.1) is 0 Å². The summed E-state index contributed by atoms with van der Waals surface area (Å²) < 4.78 is 0. The Balaban J connectivity index is 1.21. The summed E-state index contributed by atoms with van der Waals surface area (Å²) in [5, 5.41) is 4.02. The molecule has 0 saturated heterocycles. The van der Waals surface area contributed by atoms with E-state index >= 15 is 0 Å². The van der Waals surface area contributed by atoms with Gasteiger partial charge in [0.05, 0.1) is 11.2 Å². The third kappa shape index (κ3) is 4.94. The minimum atomic E-state index is -1.86. The first-order chi connectivity index (χ1) is 24.1. The molecule has 0 fully saturated rings. The zero-order chi connectivity index (χ0) is 33.0. The van der Waals surface area contributed by atoms with E-state index in [1.54, 1.807) is 0 Å². The summed E-state index contributed by atoms with van der Waals surface area (Å²) in [6, 6.07) is 60.9. The van der Waals surface area contributed by atoms with E-state index in [1.807, 2.05) is 0 Å². The molecule has 0 radical (unpaired) electrons. The largest absolute Gasteiger partial charge is 0.227 e. The molecule has 2 heterocycles. The van der Waals surface area contributed by atoms with E-state index in [4.69, 9.17) is 9.97 Å². The molecule has 0 bridgehead atoms. The topological polar surface area (TPSA) is 25.8 Å². The molecule has 0 aliphatic carbocycles. The van der Waals surface area contributed by atoms with Gasteiger partial charge in [-0.05, 0) is 61.5 Å². The highest BCUT2D eigenvalue weighted by molar-refractivity contribution is 7.04. The van der Waals surface area contributed by atoms with Gasteiger partial charge in [0.1, 0.15) is 8.07 Å². The third-order valence-corrected chi connectivity index (χ3v) is 13.6. The number of benzene rings is 7. The van der Waals surface area contributed by atoms with Crippen LogP contribution in [0.15, 0.2) is 170 Å². The van der Waals surface area contributed by atoms with E-state index in [-0.39, 0.29) is 0 Å². The van der Waals surface area contributed by atoms with Crippen molar-refractivity contribution in [2.45, 2.75) is 13.1 Å². The number of nitrogens with zero attached hydrogens (tertiary/aromatic N) is 2. The molecule has 0 spiro atoms. The molecule has 7 aromatic carbocycles. The molecule has 9 rings (SSSR count). The van der Waals surface area contributed by atoms with E-state index in [0.717, 1.165) is 44.7 Å². The fourth-order valence-corrected chi connectivity index (χ4v) is 10.7. The Bertz CT molecular complexity index is 2520. The maximum absolute atomic E-state index is 5.42. The molecular weight excluding hydrogens is 609 g/mol. The molecule has 8 aromatic rings. The van der Waals surface area contributed by atoms with Gasteiger partial charge in [0.15, 0.2) is 5.82 Å². The van der Waals surface area contributed by atoms with E-state index in [0.29, 0.717) is 0 Å². The van der Waals surface area contributed by atoms with E-state index in [9.17, 15) is 0 Å². The summed E-state index contributed by atoms with van der Waals surface area (Å²) in [4.78, 5) is 10.7. The van der Waals surface area contributed by atoms with Crippen molar-refractivity contribution in [2.24, 2.45) is 0 Å². The molecule has 0 N–H and O–H groups in total. The number of rotatable bonds is 5. The maximum Gasteiger partial charge on any atom is 0.160 e. The van der Waals surface area contributed by atoms with E-state index in [1.165, 1.54) is 43.8 Å². The second kappa shape index (κ2) is 11.7. The molecule has 1 aliphatic rings. The summed E-state index contributed by atoms with van der Waals surface area (Å²) in [7, 11) is -1.86. The smallest absolute Gasteiger partial charge is 0.160 e. The zero-order valence-corrected chi connectivity index (χ0v) is 28.6. The predicted molar refractivity (Wildman–Crippen MR) is 209 cm³/mol. The minimum Gasteiger partial charge on any atom is -0.227 e. The van der Waals surface area contributed by atoms with Gasteiger partial charge in [0.2, 0.25) is 0 Å². The molecule has 0 saturated carbocycles. The van der Waals surface area contributed by atoms with Gasteiger partial charge in [0, 0.05) is 22.1 Å². The molecule has 0 atom stereocenters. The van der Waals surface area contributed by atoms with Crippen LogP contribution in [0.4, 0.5) is 0 Å². The molecular formula is C46H34N2Si. The lowest BCUT2D eigenvalue weighted by molar-refractivity contribution is 1.23. The van der Waals surface area contributed by atoms with Crippen LogP contribution in [0.1, 0.15) is 0 Å². The standard InChI is InChI=1S/C46H34N2Si/c1-49(2)41-26-12-11-25-39(41)43-42(49)28-27-40-44(32-17-7-4-8-18-32)47-46(48-45(40)43)36-22-14-20-34(30-36)33-19-13-21-35(29-33)38-24-10-9-23-37(38)31-15-5-3-6-16-31/h3-30H,1-2H3. The SMILES string of the molecule is C[Si]1(C)c2ccccc2-c2c1ccc1c(-c3ccccc3)nc(-c3cccc(-c4cccc(-c5ccccc5-c5ccccc5)c4)c3)nc21. The van der Waals surface area contributed by atoms with Crippen LogP contribution >= 0.6 is 0 Å². The second-order valence-corrected chi connectivity index (χ2v) is 17.7. The van der Waals surface area contributed by atoms with Gasteiger partial charge in [-0.3, -0.25) is 0 Å². The van der Waals surface area contributed by atoms with Crippen LogP contribution in [0.2, 0.25) is 13.1 Å². The Morgan fingerprint density at radius 2 is 0.918 bits per heavy atom. The van der Waals surface area contributed by atoms with Crippen LogP contribution in [0.5, 0.6) is 0 Å². The summed E-state index contributed by atoms with van der Waals surface area (Å²) in [5.41, 5.74) is 13.9. The lowest BCUT2D eigenvalue weighted by Gasteiger charge is -2.19. The van der Waals surface area contributed by atoms with Crippen LogP contribution in [-0.4, -0.2) is 18.0 Å². The Morgan fingerprint density at radius 1 is 0.388 bits per heavy atom. The molecule has 0 unspecified atom stereocenters. The van der Waals surface area contributed by atoms with Crippen molar-refractivity contribution in [1.82, 2.24) is 9.97 Å². The summed E-state index contributed by atoms with van der Waals surface area (Å²) in [6.07, 6.45) is 0. The fourth-order valence-electron chi connectivity index (χ4n) is 7.63. The zero-order valence-electron chi connectivity index (χ0n) is 27.6. The molecule has 3 heteroatoms. The van der Waals surface area contributed by atoms with Gasteiger partial charge in [0.25, 0.3) is 0 Å². The van der Waals surface area contributed by atoms with Crippen LogP contribution in [0.3, 0.4) is 0 Å². The average Bonchev–Trinajstić information content (AvgIpc) is 3.41. The Morgan fingerprint density at radius 3 is 1.63 bits per heavy atom. The number of fused-ring (bicyclic) bond motifs is 5.